The van der Waals surface area contributed by atoms with Crippen LogP contribution in [0.1, 0.15) is 54.2 Å². The molecule has 42 heavy (non-hydrogen) atoms. The number of methoxy groups -OCH3 is 1. The Hall–Kier alpha value is -4.84. The van der Waals surface area contributed by atoms with Crippen LogP contribution in [0.2, 0.25) is 0 Å². The van der Waals surface area contributed by atoms with E-state index in [0.29, 0.717) is 47.8 Å². The van der Waals surface area contributed by atoms with Gasteiger partial charge in [-0.15, -0.1) is 0 Å². The van der Waals surface area contributed by atoms with E-state index >= 15 is 0 Å². The van der Waals surface area contributed by atoms with Crippen LogP contribution < -0.4 is 19.7 Å². The zero-order valence-electron chi connectivity index (χ0n) is 24.1. The van der Waals surface area contributed by atoms with Crippen molar-refractivity contribution in [2.75, 3.05) is 17.3 Å². The lowest BCUT2D eigenvalue weighted by atomic mass is 9.73. The van der Waals surface area contributed by atoms with Gasteiger partial charge in [0.25, 0.3) is 5.91 Å². The standard InChI is InChI=1S/C36H34N2O4/c1-36(2)21-28-33(30(39)22-36)34(26-18-19-31(32(20-26)41-3)42-23-24-12-6-4-7-13-24)38(29-17-11-10-16-27(29)37-28)35(40)25-14-8-5-9-15-25/h4-20,34,37H,21-23H2,1-3H3. The van der Waals surface area contributed by atoms with Crippen LogP contribution in [-0.2, 0) is 11.4 Å². The molecule has 2 aliphatic rings. The minimum absolute atomic E-state index is 0.0285. The summed E-state index contributed by atoms with van der Waals surface area (Å²) in [5, 5.41) is 3.57. The van der Waals surface area contributed by atoms with E-state index in [1.807, 2.05) is 103 Å². The molecule has 1 N–H and O–H groups in total. The number of nitrogens with zero attached hydrogens (tertiary/aromatic N) is 1. The molecule has 1 aliphatic carbocycles. The largest absolute Gasteiger partial charge is 0.493 e. The van der Waals surface area contributed by atoms with Crippen LogP contribution in [0.4, 0.5) is 11.4 Å². The van der Waals surface area contributed by atoms with Gasteiger partial charge in [0.2, 0.25) is 0 Å². The molecule has 1 aliphatic heterocycles. The Morgan fingerprint density at radius 1 is 0.881 bits per heavy atom. The first-order chi connectivity index (χ1) is 20.3. The second kappa shape index (κ2) is 11.2. The molecule has 0 saturated heterocycles. The van der Waals surface area contributed by atoms with Gasteiger partial charge in [-0.1, -0.05) is 80.6 Å². The van der Waals surface area contributed by atoms with Crippen LogP contribution in [0, 0.1) is 5.41 Å². The molecule has 6 rings (SSSR count). The van der Waals surface area contributed by atoms with E-state index in [-0.39, 0.29) is 17.1 Å². The van der Waals surface area contributed by atoms with Crippen molar-refractivity contribution in [3.63, 3.8) is 0 Å². The van der Waals surface area contributed by atoms with Crippen LogP contribution in [0.15, 0.2) is 114 Å². The van der Waals surface area contributed by atoms with Gasteiger partial charge in [0.15, 0.2) is 17.3 Å². The molecular formula is C36H34N2O4. The topological polar surface area (TPSA) is 67.9 Å². The summed E-state index contributed by atoms with van der Waals surface area (Å²) >= 11 is 0. The highest BCUT2D eigenvalue weighted by atomic mass is 16.5. The van der Waals surface area contributed by atoms with Crippen molar-refractivity contribution in [1.82, 2.24) is 0 Å². The average molecular weight is 559 g/mol. The summed E-state index contributed by atoms with van der Waals surface area (Å²) in [7, 11) is 1.60. The Kier molecular flexibility index (Phi) is 7.29. The molecule has 1 unspecified atom stereocenters. The van der Waals surface area contributed by atoms with Gasteiger partial charge < -0.3 is 14.8 Å². The Labute approximate surface area is 246 Å². The molecule has 0 saturated carbocycles. The number of carbonyl (C=O) groups is 2. The van der Waals surface area contributed by atoms with E-state index in [1.54, 1.807) is 12.0 Å². The van der Waals surface area contributed by atoms with Gasteiger partial charge in [-0.05, 0) is 59.4 Å². The van der Waals surface area contributed by atoms with Gasteiger partial charge in [-0.3, -0.25) is 14.5 Å². The number of hydrogen-bond donors (Lipinski definition) is 1. The summed E-state index contributed by atoms with van der Waals surface area (Å²) < 4.78 is 11.9. The highest BCUT2D eigenvalue weighted by Crippen LogP contribution is 2.49. The van der Waals surface area contributed by atoms with Crippen molar-refractivity contribution in [1.29, 1.82) is 0 Å². The molecule has 4 aromatic carbocycles. The van der Waals surface area contributed by atoms with Gasteiger partial charge in [0.1, 0.15) is 6.61 Å². The minimum Gasteiger partial charge on any atom is -0.493 e. The van der Waals surface area contributed by atoms with Crippen LogP contribution in [0.25, 0.3) is 0 Å². The average Bonchev–Trinajstić information content (AvgIpc) is 3.14. The van der Waals surface area contributed by atoms with E-state index in [9.17, 15) is 9.59 Å². The van der Waals surface area contributed by atoms with E-state index in [4.69, 9.17) is 9.47 Å². The zero-order valence-corrected chi connectivity index (χ0v) is 24.1. The maximum atomic E-state index is 14.4. The quantitative estimate of drug-likeness (QED) is 0.262. The lowest BCUT2D eigenvalue weighted by Gasteiger charge is -2.37. The van der Waals surface area contributed by atoms with Crippen molar-refractivity contribution < 1.29 is 19.1 Å². The number of benzene rings is 4. The molecule has 0 aromatic heterocycles. The SMILES string of the molecule is COc1cc(C2C3=C(CC(C)(C)CC3=O)Nc3ccccc3N2C(=O)c2ccccc2)ccc1OCc1ccccc1. The highest BCUT2D eigenvalue weighted by molar-refractivity contribution is 6.12. The first-order valence-corrected chi connectivity index (χ1v) is 14.2. The number of rotatable bonds is 6. The Bertz CT molecular complexity index is 1660. The normalized spacial score (nSPS) is 17.5. The number of allylic oxidation sites excluding steroid dienone is 1. The second-order valence-corrected chi connectivity index (χ2v) is 11.6. The maximum absolute atomic E-state index is 14.4. The number of carbonyl (C=O) groups excluding carboxylic acids is 2. The van der Waals surface area contributed by atoms with Crippen LogP contribution in [-0.4, -0.2) is 18.8 Å². The number of ketones is 1. The number of Topliss-reactive ketones (excluding diaryl/α,β-unsaturated/α-hetero) is 1. The van der Waals surface area contributed by atoms with Crippen LogP contribution in [0.5, 0.6) is 11.5 Å². The molecule has 6 heteroatoms. The first-order valence-electron chi connectivity index (χ1n) is 14.2. The van der Waals surface area contributed by atoms with E-state index in [2.05, 4.69) is 19.2 Å². The Morgan fingerprint density at radius 3 is 2.31 bits per heavy atom. The molecule has 4 aromatic rings. The predicted molar refractivity (Wildman–Crippen MR) is 165 cm³/mol. The van der Waals surface area contributed by atoms with Crippen LogP contribution >= 0.6 is 0 Å². The fourth-order valence-corrected chi connectivity index (χ4v) is 5.95. The third-order valence-corrected chi connectivity index (χ3v) is 7.88. The third-order valence-electron chi connectivity index (χ3n) is 7.88. The van der Waals surface area contributed by atoms with Crippen molar-refractivity contribution in [3.05, 3.63) is 131 Å². The third kappa shape index (κ3) is 5.28. The van der Waals surface area contributed by atoms with E-state index in [0.717, 1.165) is 22.5 Å². The monoisotopic (exact) mass is 558 g/mol. The molecule has 1 amide bonds. The number of amides is 1. The summed E-state index contributed by atoms with van der Waals surface area (Å²) in [6, 6.07) is 31.9. The fourth-order valence-electron chi connectivity index (χ4n) is 5.95. The predicted octanol–water partition coefficient (Wildman–Crippen LogP) is 7.73. The molecule has 0 bridgehead atoms. The van der Waals surface area contributed by atoms with E-state index < -0.39 is 6.04 Å². The Balaban J connectivity index is 1.51. The van der Waals surface area contributed by atoms with Crippen molar-refractivity contribution in [2.45, 2.75) is 39.3 Å². The summed E-state index contributed by atoms with van der Waals surface area (Å²) in [4.78, 5) is 30.2. The summed E-state index contributed by atoms with van der Waals surface area (Å²) in [5.41, 5.74) is 5.09. The lowest BCUT2D eigenvalue weighted by molar-refractivity contribution is -0.118. The molecule has 0 radical (unpaired) electrons. The van der Waals surface area contributed by atoms with Gasteiger partial charge >= 0.3 is 0 Å². The van der Waals surface area contributed by atoms with Crippen LogP contribution in [0.3, 0.4) is 0 Å². The lowest BCUT2D eigenvalue weighted by Crippen LogP contribution is -2.39. The number of para-hydroxylation sites is 2. The molecule has 1 atom stereocenters. The van der Waals surface area contributed by atoms with Crippen molar-refractivity contribution in [3.8, 4) is 11.5 Å². The van der Waals surface area contributed by atoms with Gasteiger partial charge in [-0.25, -0.2) is 0 Å². The zero-order chi connectivity index (χ0) is 29.3. The number of ether oxygens (including phenoxy) is 2. The van der Waals surface area contributed by atoms with Crippen molar-refractivity contribution in [2.24, 2.45) is 5.41 Å². The van der Waals surface area contributed by atoms with E-state index in [1.165, 1.54) is 0 Å². The Morgan fingerprint density at radius 2 is 1.57 bits per heavy atom. The first kappa shape index (κ1) is 27.3. The summed E-state index contributed by atoms with van der Waals surface area (Å²) in [6.45, 7) is 4.60. The van der Waals surface area contributed by atoms with Crippen molar-refractivity contribution >= 4 is 23.1 Å². The summed E-state index contributed by atoms with van der Waals surface area (Å²) in [6.07, 6.45) is 1.07. The number of hydrogen-bond acceptors (Lipinski definition) is 5. The van der Waals surface area contributed by atoms with Gasteiger partial charge in [-0.2, -0.15) is 0 Å². The minimum atomic E-state index is -0.676. The molecule has 6 nitrogen and oxygen atoms in total. The van der Waals surface area contributed by atoms with Gasteiger partial charge in [0, 0.05) is 23.3 Å². The number of fused-ring (bicyclic) bond motifs is 1. The second-order valence-electron chi connectivity index (χ2n) is 11.6. The molecular weight excluding hydrogens is 524 g/mol. The number of anilines is 2. The van der Waals surface area contributed by atoms with Gasteiger partial charge in [0.05, 0.1) is 24.5 Å². The molecule has 1 heterocycles. The highest BCUT2D eigenvalue weighted by Gasteiger charge is 2.43. The molecule has 212 valence electrons. The smallest absolute Gasteiger partial charge is 0.259 e. The number of nitrogens with one attached hydrogen (secondary N) is 1. The maximum Gasteiger partial charge on any atom is 0.259 e. The molecule has 0 spiro atoms. The fraction of sp³-hybridized carbons (Fsp3) is 0.222. The summed E-state index contributed by atoms with van der Waals surface area (Å²) in [5.74, 6) is 0.959. The molecule has 0 fully saturated rings.